The molecule has 6 atom stereocenters. The summed E-state index contributed by atoms with van der Waals surface area (Å²) in [5.74, 6) is -0.387. The lowest BCUT2D eigenvalue weighted by atomic mass is 9.85. The van der Waals surface area contributed by atoms with Gasteiger partial charge >= 0.3 is 5.97 Å². The number of ether oxygens (including phenoxy) is 3. The minimum absolute atomic E-state index is 0.0442. The second kappa shape index (κ2) is 10.9. The van der Waals surface area contributed by atoms with Crippen LogP contribution in [0.4, 0.5) is 0 Å². The van der Waals surface area contributed by atoms with Crippen LogP contribution in [0.5, 0.6) is 23.0 Å². The van der Waals surface area contributed by atoms with E-state index in [2.05, 4.69) is 13.8 Å². The minimum atomic E-state index is -1.52. The Morgan fingerprint density at radius 3 is 1.97 bits per heavy atom. The first-order chi connectivity index (χ1) is 16.1. The molecule has 0 aromatic heterocycles. The number of aliphatic hydroxyl groups is 2. The van der Waals surface area contributed by atoms with Gasteiger partial charge in [0.2, 0.25) is 6.29 Å². The monoisotopic (exact) mass is 476 g/mol. The summed E-state index contributed by atoms with van der Waals surface area (Å²) in [4.78, 5) is 11.2. The predicted molar refractivity (Wildman–Crippen MR) is 122 cm³/mol. The molecular formula is C25H32O9. The van der Waals surface area contributed by atoms with Gasteiger partial charge in [0.05, 0.1) is 13.2 Å². The zero-order valence-electron chi connectivity index (χ0n) is 19.4. The van der Waals surface area contributed by atoms with Crippen LogP contribution in [0.3, 0.4) is 0 Å². The van der Waals surface area contributed by atoms with Crippen LogP contribution >= 0.6 is 0 Å². The number of phenols is 2. The third-order valence-corrected chi connectivity index (χ3v) is 6.27. The van der Waals surface area contributed by atoms with Gasteiger partial charge in [-0.2, -0.15) is 0 Å². The van der Waals surface area contributed by atoms with E-state index in [1.54, 1.807) is 30.3 Å². The average Bonchev–Trinajstić information content (AvgIpc) is 2.77. The quantitative estimate of drug-likeness (QED) is 0.368. The molecule has 5 N–H and O–H groups in total. The van der Waals surface area contributed by atoms with Crippen LogP contribution in [0.25, 0.3) is 0 Å². The average molecular weight is 477 g/mol. The summed E-state index contributed by atoms with van der Waals surface area (Å²) in [6.07, 6.45) is -4.23. The molecule has 34 heavy (non-hydrogen) atoms. The van der Waals surface area contributed by atoms with E-state index < -0.39 is 30.6 Å². The molecule has 2 aromatic carbocycles. The molecule has 9 heteroatoms. The number of phenolic OH excluding ortho intramolecular Hbond substituents is 2. The summed E-state index contributed by atoms with van der Waals surface area (Å²) >= 11 is 0. The number of rotatable bonds is 9. The van der Waals surface area contributed by atoms with Crippen molar-refractivity contribution in [2.45, 2.75) is 57.7 Å². The van der Waals surface area contributed by atoms with Gasteiger partial charge in [0, 0.05) is 6.42 Å². The van der Waals surface area contributed by atoms with Crippen molar-refractivity contribution in [3.8, 4) is 23.0 Å². The molecule has 2 aromatic rings. The predicted octanol–water partition coefficient (Wildman–Crippen LogP) is 2.46. The molecule has 1 fully saturated rings. The van der Waals surface area contributed by atoms with Crippen molar-refractivity contribution < 1.29 is 44.5 Å². The lowest BCUT2D eigenvalue weighted by Gasteiger charge is -2.35. The van der Waals surface area contributed by atoms with Crippen molar-refractivity contribution in [1.82, 2.24) is 0 Å². The molecule has 1 saturated heterocycles. The first-order valence-electron chi connectivity index (χ1n) is 11.2. The molecule has 0 radical (unpaired) electrons. The van der Waals surface area contributed by atoms with Gasteiger partial charge in [0.25, 0.3) is 0 Å². The van der Waals surface area contributed by atoms with Crippen LogP contribution in [0, 0.1) is 11.8 Å². The Labute approximate surface area is 198 Å². The molecule has 1 heterocycles. The summed E-state index contributed by atoms with van der Waals surface area (Å²) in [7, 11) is 1.51. The summed E-state index contributed by atoms with van der Waals surface area (Å²) in [5, 5.41) is 49.4. The summed E-state index contributed by atoms with van der Waals surface area (Å²) < 4.78 is 15.8. The van der Waals surface area contributed by atoms with Gasteiger partial charge in [-0.25, -0.2) is 4.79 Å². The number of methoxy groups -OCH3 is 1. The molecule has 0 aliphatic carbocycles. The van der Waals surface area contributed by atoms with Gasteiger partial charge in [-0.3, -0.25) is 0 Å². The number of carbonyl (C=O) groups is 1. The molecule has 3 rings (SSSR count). The van der Waals surface area contributed by atoms with Crippen molar-refractivity contribution in [1.29, 1.82) is 0 Å². The maximum atomic E-state index is 11.2. The van der Waals surface area contributed by atoms with Crippen molar-refractivity contribution in [2.24, 2.45) is 11.8 Å². The van der Waals surface area contributed by atoms with Gasteiger partial charge in [-0.05, 0) is 60.1 Å². The van der Waals surface area contributed by atoms with E-state index in [0.717, 1.165) is 17.5 Å². The van der Waals surface area contributed by atoms with Crippen LogP contribution in [0.2, 0.25) is 0 Å². The fourth-order valence-electron chi connectivity index (χ4n) is 4.06. The van der Waals surface area contributed by atoms with E-state index >= 15 is 0 Å². The third-order valence-electron chi connectivity index (χ3n) is 6.27. The molecule has 0 bridgehead atoms. The van der Waals surface area contributed by atoms with Crippen molar-refractivity contribution in [3.63, 3.8) is 0 Å². The fourth-order valence-corrected chi connectivity index (χ4v) is 4.06. The Balaban J connectivity index is 1.61. The molecule has 186 valence electrons. The topological polar surface area (TPSA) is 146 Å². The first kappa shape index (κ1) is 25.6. The first-order valence-corrected chi connectivity index (χ1v) is 11.2. The van der Waals surface area contributed by atoms with Gasteiger partial charge < -0.3 is 39.7 Å². The van der Waals surface area contributed by atoms with Crippen molar-refractivity contribution in [2.75, 3.05) is 7.11 Å². The van der Waals surface area contributed by atoms with Crippen LogP contribution < -0.4 is 9.47 Å². The van der Waals surface area contributed by atoms with Crippen molar-refractivity contribution >= 4 is 5.97 Å². The molecule has 1 aliphatic heterocycles. The van der Waals surface area contributed by atoms with E-state index in [1.165, 1.54) is 7.11 Å². The van der Waals surface area contributed by atoms with Crippen LogP contribution in [0.1, 0.15) is 31.4 Å². The molecule has 2 unspecified atom stereocenters. The number of carboxylic acid groups (broad SMARTS) is 1. The molecular weight excluding hydrogens is 444 g/mol. The highest BCUT2D eigenvalue weighted by molar-refractivity contribution is 5.73. The third kappa shape index (κ3) is 6.11. The minimum Gasteiger partial charge on any atom is -0.504 e. The molecule has 9 nitrogen and oxygen atoms in total. The molecule has 0 spiro atoms. The molecule has 1 aliphatic rings. The number of carboxylic acids is 1. The van der Waals surface area contributed by atoms with E-state index in [4.69, 9.17) is 19.3 Å². The normalized spacial score (nSPS) is 24.3. The van der Waals surface area contributed by atoms with Crippen molar-refractivity contribution in [3.05, 3.63) is 47.5 Å². The smallest absolute Gasteiger partial charge is 0.335 e. The van der Waals surface area contributed by atoms with E-state index in [0.29, 0.717) is 12.2 Å². The number of hydrogen-bond acceptors (Lipinski definition) is 8. The maximum Gasteiger partial charge on any atom is 0.335 e. The zero-order chi connectivity index (χ0) is 25.0. The van der Waals surface area contributed by atoms with Gasteiger partial charge in [0.1, 0.15) is 6.10 Å². The Bertz CT molecular complexity index is 992. The van der Waals surface area contributed by atoms with E-state index in [9.17, 15) is 25.2 Å². The standard InChI is InChI=1S/C25H32O9/c1-13(8-15-4-6-21(32-3)17(26)10-15)14(2)9-16-5-7-22(18(27)11-16)33-25-20(29)12-19(28)23(34-25)24(30)31/h4-7,10-11,13-14,19-20,23,25-29H,8-9,12H2,1-3H3,(H,30,31)/t13?,14?,19-,20+,23-,25+/m0/s1. The fraction of sp³-hybridized carbons (Fsp3) is 0.480. The van der Waals surface area contributed by atoms with Crippen LogP contribution in [-0.4, -0.2) is 63.2 Å². The number of benzene rings is 2. The Hall–Kier alpha value is -3.01. The maximum absolute atomic E-state index is 11.2. The lowest BCUT2D eigenvalue weighted by Crippen LogP contribution is -2.52. The largest absolute Gasteiger partial charge is 0.504 e. The highest BCUT2D eigenvalue weighted by atomic mass is 16.7. The molecule has 0 saturated carbocycles. The second-order valence-electron chi connectivity index (χ2n) is 8.92. The number of hydrogen-bond donors (Lipinski definition) is 5. The summed E-state index contributed by atoms with van der Waals surface area (Å²) in [6.45, 7) is 4.23. The van der Waals surface area contributed by atoms with Gasteiger partial charge in [-0.15, -0.1) is 0 Å². The SMILES string of the molecule is COc1ccc(CC(C)C(C)Cc2ccc(O[C@@H]3O[C@H](C(=O)O)[C@@H](O)C[C@H]3O)c(O)c2)cc1O. The summed E-state index contributed by atoms with van der Waals surface area (Å²) in [5.41, 5.74) is 1.88. The lowest BCUT2D eigenvalue weighted by molar-refractivity contribution is -0.237. The Kier molecular flexibility index (Phi) is 8.24. The van der Waals surface area contributed by atoms with E-state index in [1.807, 2.05) is 6.07 Å². The van der Waals surface area contributed by atoms with E-state index in [-0.39, 0.29) is 35.5 Å². The Morgan fingerprint density at radius 2 is 1.50 bits per heavy atom. The second-order valence-corrected chi connectivity index (χ2v) is 8.92. The zero-order valence-corrected chi connectivity index (χ0v) is 19.4. The van der Waals surface area contributed by atoms with Gasteiger partial charge in [0.15, 0.2) is 29.1 Å². The highest BCUT2D eigenvalue weighted by Crippen LogP contribution is 2.33. The highest BCUT2D eigenvalue weighted by Gasteiger charge is 2.41. The number of aromatic hydroxyl groups is 2. The number of aliphatic hydroxyl groups excluding tert-OH is 2. The molecule has 0 amide bonds. The summed E-state index contributed by atoms with van der Waals surface area (Å²) in [6, 6.07) is 10.3. The number of aliphatic carboxylic acids is 1. The van der Waals surface area contributed by atoms with Gasteiger partial charge in [-0.1, -0.05) is 26.0 Å². The van der Waals surface area contributed by atoms with Crippen LogP contribution in [0.15, 0.2) is 36.4 Å². The van der Waals surface area contributed by atoms with Crippen LogP contribution in [-0.2, 0) is 22.4 Å². The Morgan fingerprint density at radius 1 is 0.971 bits per heavy atom.